The number of guanidine groups is 1. The van der Waals surface area contributed by atoms with Crippen LogP contribution in [0.3, 0.4) is 0 Å². The number of rotatable bonds is 6. The minimum atomic E-state index is 0. The maximum Gasteiger partial charge on any atom is 0.191 e. The van der Waals surface area contributed by atoms with Gasteiger partial charge in [-0.1, -0.05) is 6.07 Å². The Bertz CT molecular complexity index is 611. The molecule has 0 fully saturated rings. The highest BCUT2D eigenvalue weighted by Crippen LogP contribution is 2.16. The van der Waals surface area contributed by atoms with Gasteiger partial charge in [0, 0.05) is 39.1 Å². The third-order valence-corrected chi connectivity index (χ3v) is 3.36. The Balaban J connectivity index is 0.00000264. The zero-order valence-electron chi connectivity index (χ0n) is 13.9. The van der Waals surface area contributed by atoms with Crippen LogP contribution in [0.5, 0.6) is 5.75 Å². The summed E-state index contributed by atoms with van der Waals surface area (Å²) in [6.45, 7) is 4.51. The quantitative estimate of drug-likeness (QED) is 0.423. The lowest BCUT2D eigenvalue weighted by atomic mass is 10.1. The second-order valence-corrected chi connectivity index (χ2v) is 5.13. The molecule has 1 heterocycles. The summed E-state index contributed by atoms with van der Waals surface area (Å²) in [5, 5.41) is 6.63. The topological polar surface area (TPSA) is 50.6 Å². The number of benzene rings is 1. The fraction of sp³-hybridized carbons (Fsp3) is 0.353. The van der Waals surface area contributed by atoms with Crippen molar-refractivity contribution in [3.63, 3.8) is 0 Å². The molecule has 1 aromatic carbocycles. The molecule has 0 radical (unpaired) electrons. The second kappa shape index (κ2) is 10.1. The molecular weight excluding hydrogens is 403 g/mol. The lowest BCUT2D eigenvalue weighted by molar-refractivity contribution is 0.414. The molecule has 0 aliphatic carbocycles. The smallest absolute Gasteiger partial charge is 0.191 e. The van der Waals surface area contributed by atoms with Gasteiger partial charge in [-0.3, -0.25) is 4.99 Å². The van der Waals surface area contributed by atoms with Gasteiger partial charge in [-0.25, -0.2) is 0 Å². The molecule has 0 atom stereocenters. The lowest BCUT2D eigenvalue weighted by Crippen LogP contribution is -2.38. The number of ether oxygens (including phenoxy) is 1. The first kappa shape index (κ1) is 19.3. The van der Waals surface area contributed by atoms with Crippen molar-refractivity contribution >= 4 is 29.9 Å². The minimum Gasteiger partial charge on any atom is -0.497 e. The number of nitrogens with zero attached hydrogens (tertiary/aromatic N) is 2. The average molecular weight is 428 g/mol. The second-order valence-electron chi connectivity index (χ2n) is 5.13. The van der Waals surface area contributed by atoms with Gasteiger partial charge in [0.05, 0.1) is 7.11 Å². The van der Waals surface area contributed by atoms with Crippen molar-refractivity contribution < 1.29 is 4.74 Å². The molecular formula is C17H25IN4O. The third kappa shape index (κ3) is 6.52. The van der Waals surface area contributed by atoms with Crippen LogP contribution in [0.25, 0.3) is 0 Å². The summed E-state index contributed by atoms with van der Waals surface area (Å²) in [6, 6.07) is 10.2. The van der Waals surface area contributed by atoms with E-state index in [4.69, 9.17) is 4.74 Å². The van der Waals surface area contributed by atoms with E-state index in [1.165, 1.54) is 11.1 Å². The molecule has 0 aliphatic rings. The highest BCUT2D eigenvalue weighted by Gasteiger charge is 2.01. The Morgan fingerprint density at radius 1 is 1.17 bits per heavy atom. The van der Waals surface area contributed by atoms with Crippen LogP contribution >= 0.6 is 24.0 Å². The van der Waals surface area contributed by atoms with Gasteiger partial charge in [-0.2, -0.15) is 0 Å². The predicted octanol–water partition coefficient (Wildman–Crippen LogP) is 2.79. The van der Waals surface area contributed by atoms with Crippen molar-refractivity contribution in [3.8, 4) is 5.75 Å². The van der Waals surface area contributed by atoms with Crippen LogP contribution < -0.4 is 15.4 Å². The Hall–Kier alpha value is -1.70. The van der Waals surface area contributed by atoms with E-state index in [9.17, 15) is 0 Å². The Labute approximate surface area is 155 Å². The van der Waals surface area contributed by atoms with Crippen molar-refractivity contribution in [2.75, 3.05) is 20.7 Å². The Morgan fingerprint density at radius 3 is 2.57 bits per heavy atom. The molecule has 0 unspecified atom stereocenters. The van der Waals surface area contributed by atoms with Crippen molar-refractivity contribution in [1.29, 1.82) is 0 Å². The summed E-state index contributed by atoms with van der Waals surface area (Å²) in [5.41, 5.74) is 2.36. The summed E-state index contributed by atoms with van der Waals surface area (Å²) < 4.78 is 7.43. The van der Waals surface area contributed by atoms with E-state index >= 15 is 0 Å². The SMILES string of the molecule is CN=C(NCCn1cccc1)NCc1cc(C)cc(OC)c1.I. The molecule has 6 heteroatoms. The zero-order chi connectivity index (χ0) is 15.8. The maximum absolute atomic E-state index is 5.30. The molecule has 0 spiro atoms. The highest BCUT2D eigenvalue weighted by atomic mass is 127. The molecule has 1 aromatic heterocycles. The molecule has 0 amide bonds. The number of hydrogen-bond acceptors (Lipinski definition) is 2. The summed E-state index contributed by atoms with van der Waals surface area (Å²) in [7, 11) is 3.47. The number of aromatic nitrogens is 1. The molecule has 23 heavy (non-hydrogen) atoms. The largest absolute Gasteiger partial charge is 0.497 e. The Kier molecular flexibility index (Phi) is 8.53. The number of aliphatic imine (C=N–C) groups is 1. The van der Waals surface area contributed by atoms with Gasteiger partial charge in [0.2, 0.25) is 0 Å². The van der Waals surface area contributed by atoms with Crippen LogP contribution in [0, 0.1) is 6.92 Å². The molecule has 5 nitrogen and oxygen atoms in total. The third-order valence-electron chi connectivity index (χ3n) is 3.36. The molecule has 0 saturated carbocycles. The molecule has 2 aromatic rings. The van der Waals surface area contributed by atoms with E-state index < -0.39 is 0 Å². The van der Waals surface area contributed by atoms with Gasteiger partial charge in [0.25, 0.3) is 0 Å². The Morgan fingerprint density at radius 2 is 1.91 bits per heavy atom. The van der Waals surface area contributed by atoms with Crippen LogP contribution in [0.2, 0.25) is 0 Å². The molecule has 2 rings (SSSR count). The maximum atomic E-state index is 5.30. The minimum absolute atomic E-state index is 0. The lowest BCUT2D eigenvalue weighted by Gasteiger charge is -2.13. The normalized spacial score (nSPS) is 10.8. The monoisotopic (exact) mass is 428 g/mol. The van der Waals surface area contributed by atoms with Crippen LogP contribution in [-0.2, 0) is 13.1 Å². The fourth-order valence-corrected chi connectivity index (χ4v) is 2.27. The van der Waals surface area contributed by atoms with Crippen molar-refractivity contribution in [3.05, 3.63) is 53.9 Å². The van der Waals surface area contributed by atoms with E-state index in [0.717, 1.165) is 24.8 Å². The number of halogens is 1. The standard InChI is InChI=1S/C17H24N4O.HI/c1-14-10-15(12-16(11-14)22-3)13-20-17(18-2)19-6-9-21-7-4-5-8-21;/h4-5,7-8,10-12H,6,9,13H2,1-3H3,(H2,18,19,20);1H. The number of hydrogen-bond donors (Lipinski definition) is 2. The number of aryl methyl sites for hydroxylation is 1. The first-order chi connectivity index (χ1) is 10.7. The molecule has 126 valence electrons. The highest BCUT2D eigenvalue weighted by molar-refractivity contribution is 14.0. The summed E-state index contributed by atoms with van der Waals surface area (Å²) in [6.07, 6.45) is 4.10. The van der Waals surface area contributed by atoms with Gasteiger partial charge >= 0.3 is 0 Å². The molecule has 2 N–H and O–H groups in total. The first-order valence-electron chi connectivity index (χ1n) is 7.41. The van der Waals surface area contributed by atoms with Crippen LogP contribution in [-0.4, -0.2) is 31.2 Å². The van der Waals surface area contributed by atoms with Crippen LogP contribution in [0.1, 0.15) is 11.1 Å². The van der Waals surface area contributed by atoms with Crippen molar-refractivity contribution in [2.45, 2.75) is 20.0 Å². The number of nitrogens with one attached hydrogen (secondary N) is 2. The summed E-state index contributed by atoms with van der Waals surface area (Å²) in [5.74, 6) is 1.68. The van der Waals surface area contributed by atoms with E-state index in [1.807, 2.05) is 24.3 Å². The molecule has 0 aliphatic heterocycles. The van der Waals surface area contributed by atoms with Gasteiger partial charge in [-0.15, -0.1) is 24.0 Å². The van der Waals surface area contributed by atoms with Crippen molar-refractivity contribution in [2.24, 2.45) is 4.99 Å². The van der Waals surface area contributed by atoms with Gasteiger partial charge < -0.3 is 19.9 Å². The average Bonchev–Trinajstić information content (AvgIpc) is 3.03. The molecule has 0 bridgehead atoms. The first-order valence-corrected chi connectivity index (χ1v) is 7.41. The predicted molar refractivity (Wildman–Crippen MR) is 106 cm³/mol. The summed E-state index contributed by atoms with van der Waals surface area (Å²) >= 11 is 0. The molecule has 0 saturated heterocycles. The number of methoxy groups -OCH3 is 1. The van der Waals surface area contributed by atoms with Crippen LogP contribution in [0.4, 0.5) is 0 Å². The van der Waals surface area contributed by atoms with E-state index in [1.54, 1.807) is 14.2 Å². The van der Waals surface area contributed by atoms with E-state index in [2.05, 4.69) is 45.6 Å². The van der Waals surface area contributed by atoms with Gasteiger partial charge in [0.1, 0.15) is 5.75 Å². The van der Waals surface area contributed by atoms with Gasteiger partial charge in [0.15, 0.2) is 5.96 Å². The van der Waals surface area contributed by atoms with Crippen LogP contribution in [0.15, 0.2) is 47.7 Å². The van der Waals surface area contributed by atoms with E-state index in [-0.39, 0.29) is 24.0 Å². The van der Waals surface area contributed by atoms with Gasteiger partial charge in [-0.05, 0) is 42.3 Å². The fourth-order valence-electron chi connectivity index (χ4n) is 2.27. The zero-order valence-corrected chi connectivity index (χ0v) is 16.2. The van der Waals surface area contributed by atoms with Crippen molar-refractivity contribution in [1.82, 2.24) is 15.2 Å². The van der Waals surface area contributed by atoms with E-state index in [0.29, 0.717) is 6.54 Å². The summed E-state index contributed by atoms with van der Waals surface area (Å²) in [4.78, 5) is 4.24.